The third-order valence-corrected chi connectivity index (χ3v) is 6.22. The lowest BCUT2D eigenvalue weighted by Gasteiger charge is -2.23. The zero-order valence-corrected chi connectivity index (χ0v) is 14.8. The minimum absolute atomic E-state index is 0.125. The molecule has 2 fully saturated rings. The largest absolute Gasteiger partial charge is 0.377 e. The molecule has 1 aliphatic carbocycles. The topological polar surface area (TPSA) is 44.1 Å². The molecule has 0 bridgehead atoms. The normalized spacial score (nSPS) is 22.2. The van der Waals surface area contributed by atoms with Gasteiger partial charge < -0.3 is 4.74 Å². The van der Waals surface area contributed by atoms with Crippen molar-refractivity contribution in [2.75, 3.05) is 12.4 Å². The van der Waals surface area contributed by atoms with E-state index in [0.717, 1.165) is 47.7 Å². The Morgan fingerprint density at radius 1 is 1.12 bits per heavy atom. The SMILES string of the molecule is O=c1c2ccccc2nc(SC[C@@H]2CCCCO2)n1C1CCCC1. The fourth-order valence-electron chi connectivity index (χ4n) is 3.82. The van der Waals surface area contributed by atoms with Gasteiger partial charge in [0.2, 0.25) is 0 Å². The summed E-state index contributed by atoms with van der Waals surface area (Å²) in [5.74, 6) is 0.886. The molecule has 128 valence electrons. The van der Waals surface area contributed by atoms with Gasteiger partial charge >= 0.3 is 0 Å². The molecule has 2 heterocycles. The number of ether oxygens (including phenoxy) is 1. The molecule has 24 heavy (non-hydrogen) atoms. The summed E-state index contributed by atoms with van der Waals surface area (Å²) in [6.07, 6.45) is 8.42. The number of fused-ring (bicyclic) bond motifs is 1. The molecule has 0 unspecified atom stereocenters. The number of benzene rings is 1. The maximum Gasteiger partial charge on any atom is 0.262 e. The molecule has 4 nitrogen and oxygen atoms in total. The third kappa shape index (κ3) is 3.24. The van der Waals surface area contributed by atoms with Gasteiger partial charge in [-0.2, -0.15) is 0 Å². The van der Waals surface area contributed by atoms with E-state index in [4.69, 9.17) is 9.72 Å². The van der Waals surface area contributed by atoms with Gasteiger partial charge in [-0.05, 0) is 44.2 Å². The van der Waals surface area contributed by atoms with Crippen LogP contribution in [0.3, 0.4) is 0 Å². The number of thioether (sulfide) groups is 1. The number of rotatable bonds is 4. The van der Waals surface area contributed by atoms with Gasteiger partial charge in [0.05, 0.1) is 17.0 Å². The number of aromatic nitrogens is 2. The van der Waals surface area contributed by atoms with Crippen molar-refractivity contribution in [3.8, 4) is 0 Å². The van der Waals surface area contributed by atoms with E-state index >= 15 is 0 Å². The average Bonchev–Trinajstić information content (AvgIpc) is 3.15. The van der Waals surface area contributed by atoms with Crippen molar-refractivity contribution in [3.63, 3.8) is 0 Å². The van der Waals surface area contributed by atoms with Crippen molar-refractivity contribution in [1.29, 1.82) is 0 Å². The first kappa shape index (κ1) is 16.2. The second kappa shape index (κ2) is 7.28. The average molecular weight is 344 g/mol. The molecule has 5 heteroatoms. The highest BCUT2D eigenvalue weighted by Gasteiger charge is 2.24. The van der Waals surface area contributed by atoms with Gasteiger partial charge in [0.1, 0.15) is 0 Å². The Bertz CT molecular complexity index is 762. The molecule has 1 aromatic carbocycles. The summed E-state index contributed by atoms with van der Waals surface area (Å²) in [6, 6.07) is 8.02. The van der Waals surface area contributed by atoms with Gasteiger partial charge in [0.15, 0.2) is 5.16 Å². The lowest BCUT2D eigenvalue weighted by Crippen LogP contribution is -2.27. The Hall–Kier alpha value is -1.33. The summed E-state index contributed by atoms with van der Waals surface area (Å²) in [4.78, 5) is 17.9. The van der Waals surface area contributed by atoms with Crippen LogP contribution >= 0.6 is 11.8 Å². The fourth-order valence-corrected chi connectivity index (χ4v) is 4.95. The summed E-state index contributed by atoms with van der Waals surface area (Å²) < 4.78 is 7.82. The molecule has 0 spiro atoms. The van der Waals surface area contributed by atoms with Crippen molar-refractivity contribution < 1.29 is 4.74 Å². The molecular weight excluding hydrogens is 320 g/mol. The molecular formula is C19H24N2O2S. The molecule has 1 saturated carbocycles. The zero-order valence-electron chi connectivity index (χ0n) is 13.9. The maximum absolute atomic E-state index is 13.1. The fraction of sp³-hybridized carbons (Fsp3) is 0.579. The second-order valence-corrected chi connectivity index (χ2v) is 7.81. The van der Waals surface area contributed by atoms with Crippen molar-refractivity contribution >= 4 is 22.7 Å². The van der Waals surface area contributed by atoms with Gasteiger partial charge in [-0.1, -0.05) is 36.7 Å². The maximum atomic E-state index is 13.1. The Kier molecular flexibility index (Phi) is 4.90. The van der Waals surface area contributed by atoms with Gasteiger partial charge in [-0.25, -0.2) is 4.98 Å². The minimum atomic E-state index is 0.125. The summed E-state index contributed by atoms with van der Waals surface area (Å²) in [6.45, 7) is 0.867. The predicted octanol–water partition coefficient (Wildman–Crippen LogP) is 4.17. The zero-order chi connectivity index (χ0) is 16.4. The molecule has 4 rings (SSSR count). The lowest BCUT2D eigenvalue weighted by molar-refractivity contribution is 0.0315. The van der Waals surface area contributed by atoms with Gasteiger partial charge in [-0.15, -0.1) is 0 Å². The van der Waals surface area contributed by atoms with Crippen molar-refractivity contribution in [2.24, 2.45) is 0 Å². The Labute approximate surface area is 146 Å². The Morgan fingerprint density at radius 2 is 1.92 bits per heavy atom. The molecule has 2 aliphatic rings. The standard InChI is InChI=1S/C19H24N2O2S/c22-18-16-10-3-4-11-17(16)20-19(21(18)14-7-1-2-8-14)24-13-15-9-5-6-12-23-15/h3-4,10-11,14-15H,1-2,5-9,12-13H2/t15-/m0/s1. The third-order valence-electron chi connectivity index (χ3n) is 5.14. The van der Waals surface area contributed by atoms with Gasteiger partial charge in [-0.3, -0.25) is 9.36 Å². The van der Waals surface area contributed by atoms with Crippen LogP contribution in [0.15, 0.2) is 34.2 Å². The van der Waals surface area contributed by atoms with Crippen LogP contribution in [0.2, 0.25) is 0 Å². The molecule has 2 aromatic rings. The van der Waals surface area contributed by atoms with E-state index in [0.29, 0.717) is 12.1 Å². The van der Waals surface area contributed by atoms with E-state index in [9.17, 15) is 4.79 Å². The van der Waals surface area contributed by atoms with E-state index in [1.807, 2.05) is 28.8 Å². The van der Waals surface area contributed by atoms with Crippen LogP contribution in [0.25, 0.3) is 10.9 Å². The van der Waals surface area contributed by atoms with E-state index in [1.165, 1.54) is 25.7 Å². The van der Waals surface area contributed by atoms with E-state index in [2.05, 4.69) is 0 Å². The minimum Gasteiger partial charge on any atom is -0.377 e. The molecule has 1 aromatic heterocycles. The van der Waals surface area contributed by atoms with Crippen LogP contribution in [0.5, 0.6) is 0 Å². The van der Waals surface area contributed by atoms with Crippen LogP contribution in [0.4, 0.5) is 0 Å². The van der Waals surface area contributed by atoms with Gasteiger partial charge in [0, 0.05) is 18.4 Å². The lowest BCUT2D eigenvalue weighted by atomic mass is 10.1. The molecule has 1 aliphatic heterocycles. The van der Waals surface area contributed by atoms with Crippen LogP contribution < -0.4 is 5.56 Å². The van der Waals surface area contributed by atoms with Crippen LogP contribution in [-0.4, -0.2) is 28.0 Å². The molecule has 0 radical (unpaired) electrons. The Balaban J connectivity index is 1.68. The summed E-state index contributed by atoms with van der Waals surface area (Å²) >= 11 is 1.70. The second-order valence-electron chi connectivity index (χ2n) is 6.82. The van der Waals surface area contributed by atoms with Gasteiger partial charge in [0.25, 0.3) is 5.56 Å². The van der Waals surface area contributed by atoms with E-state index in [1.54, 1.807) is 11.8 Å². The van der Waals surface area contributed by atoms with Crippen molar-refractivity contribution in [2.45, 2.75) is 62.2 Å². The molecule has 1 atom stereocenters. The van der Waals surface area contributed by atoms with Crippen molar-refractivity contribution in [3.05, 3.63) is 34.6 Å². The predicted molar refractivity (Wildman–Crippen MR) is 97.8 cm³/mol. The van der Waals surface area contributed by atoms with E-state index in [-0.39, 0.29) is 5.56 Å². The van der Waals surface area contributed by atoms with Crippen molar-refractivity contribution in [1.82, 2.24) is 9.55 Å². The molecule has 1 saturated heterocycles. The molecule has 0 N–H and O–H groups in total. The highest BCUT2D eigenvalue weighted by Crippen LogP contribution is 2.32. The highest BCUT2D eigenvalue weighted by molar-refractivity contribution is 7.99. The summed E-state index contributed by atoms with van der Waals surface area (Å²) in [5, 5.41) is 1.61. The quantitative estimate of drug-likeness (QED) is 0.617. The first-order chi connectivity index (χ1) is 11.8. The van der Waals surface area contributed by atoms with Crippen LogP contribution in [0, 0.1) is 0 Å². The number of nitrogens with zero attached hydrogens (tertiary/aromatic N) is 2. The van der Waals surface area contributed by atoms with Crippen LogP contribution in [-0.2, 0) is 4.74 Å². The first-order valence-corrected chi connectivity index (χ1v) is 10.1. The van der Waals surface area contributed by atoms with E-state index < -0.39 is 0 Å². The van der Waals surface area contributed by atoms with Crippen LogP contribution in [0.1, 0.15) is 51.0 Å². The number of para-hydroxylation sites is 1. The monoisotopic (exact) mass is 344 g/mol. The summed E-state index contributed by atoms with van der Waals surface area (Å²) in [5.41, 5.74) is 0.934. The highest BCUT2D eigenvalue weighted by atomic mass is 32.2. The smallest absolute Gasteiger partial charge is 0.262 e. The first-order valence-electron chi connectivity index (χ1n) is 9.08. The summed E-state index contributed by atoms with van der Waals surface area (Å²) in [7, 11) is 0. The number of hydrogen-bond acceptors (Lipinski definition) is 4. The number of hydrogen-bond donors (Lipinski definition) is 0. The Morgan fingerprint density at radius 3 is 2.71 bits per heavy atom. The molecule has 0 amide bonds.